The first-order valence-electron chi connectivity index (χ1n) is 3.98. The summed E-state index contributed by atoms with van der Waals surface area (Å²) in [7, 11) is 1.45. The highest BCUT2D eigenvalue weighted by Gasteiger charge is 2.63. The number of nitrogens with two attached hydrogens (primary N) is 1. The van der Waals surface area contributed by atoms with Gasteiger partial charge in [0.1, 0.15) is 0 Å². The molecule has 2 bridgehead atoms. The van der Waals surface area contributed by atoms with Crippen molar-refractivity contribution in [3.63, 3.8) is 0 Å². The molecule has 0 radical (unpaired) electrons. The Kier molecular flexibility index (Phi) is 2.13. The van der Waals surface area contributed by atoms with Gasteiger partial charge in [-0.3, -0.25) is 4.79 Å². The van der Waals surface area contributed by atoms with Crippen molar-refractivity contribution in [1.29, 1.82) is 0 Å². The van der Waals surface area contributed by atoms with Gasteiger partial charge in [-0.25, -0.2) is 0 Å². The number of methoxy groups -OCH3 is 1. The van der Waals surface area contributed by atoms with Crippen molar-refractivity contribution >= 4 is 18.4 Å². The summed E-state index contributed by atoms with van der Waals surface area (Å²) in [5, 5.41) is 0. The number of esters is 1. The molecule has 3 aliphatic carbocycles. The van der Waals surface area contributed by atoms with Crippen LogP contribution in [0.2, 0.25) is 0 Å². The van der Waals surface area contributed by atoms with E-state index in [1.54, 1.807) is 0 Å². The molecule has 3 saturated carbocycles. The molecule has 0 atom stereocenters. The number of carbonyl (C=O) groups is 1. The first kappa shape index (κ1) is 9.81. The summed E-state index contributed by atoms with van der Waals surface area (Å²) < 4.78 is 4.73. The Bertz CT molecular complexity index is 211. The zero-order chi connectivity index (χ0) is 8.11. The van der Waals surface area contributed by atoms with E-state index in [4.69, 9.17) is 10.5 Å². The van der Waals surface area contributed by atoms with E-state index in [0.29, 0.717) is 0 Å². The summed E-state index contributed by atoms with van der Waals surface area (Å²) in [6.07, 6.45) is 3.59. The minimum atomic E-state index is -0.177. The average molecular weight is 192 g/mol. The second kappa shape index (κ2) is 2.60. The highest BCUT2D eigenvalue weighted by molar-refractivity contribution is 5.85. The largest absolute Gasteiger partial charge is 0.469 e. The molecule has 0 saturated heterocycles. The fourth-order valence-electron chi connectivity index (χ4n) is 2.60. The summed E-state index contributed by atoms with van der Waals surface area (Å²) in [5.74, 6) is -0.0592. The number of hydrogen-bond donors (Lipinski definition) is 1. The van der Waals surface area contributed by atoms with Crippen LogP contribution in [0.5, 0.6) is 0 Å². The lowest BCUT2D eigenvalue weighted by molar-refractivity contribution is -0.157. The SMILES string of the molecule is COC(=O)C12CCC(N)(C1)C2.Cl. The molecule has 12 heavy (non-hydrogen) atoms. The predicted molar refractivity (Wildman–Crippen MR) is 47.1 cm³/mol. The molecule has 0 aromatic carbocycles. The van der Waals surface area contributed by atoms with Gasteiger partial charge in [0.25, 0.3) is 0 Å². The van der Waals surface area contributed by atoms with Crippen LogP contribution in [0.1, 0.15) is 25.7 Å². The Morgan fingerprint density at radius 2 is 2.00 bits per heavy atom. The van der Waals surface area contributed by atoms with Gasteiger partial charge in [0.05, 0.1) is 12.5 Å². The first-order valence-corrected chi connectivity index (χ1v) is 3.98. The van der Waals surface area contributed by atoms with Gasteiger partial charge in [0, 0.05) is 5.54 Å². The van der Waals surface area contributed by atoms with Crippen LogP contribution in [0.25, 0.3) is 0 Å². The van der Waals surface area contributed by atoms with Crippen LogP contribution in [0, 0.1) is 5.41 Å². The highest BCUT2D eigenvalue weighted by Crippen LogP contribution is 2.60. The predicted octanol–water partition coefficient (Wildman–Crippen LogP) is 0.853. The molecule has 3 fully saturated rings. The zero-order valence-electron chi connectivity index (χ0n) is 7.13. The number of hydrogen-bond acceptors (Lipinski definition) is 3. The first-order chi connectivity index (χ1) is 5.10. The second-order valence-corrected chi connectivity index (χ2v) is 3.99. The molecule has 0 aliphatic heterocycles. The third kappa shape index (κ3) is 1.04. The quantitative estimate of drug-likeness (QED) is 0.626. The fourth-order valence-corrected chi connectivity index (χ4v) is 2.60. The van der Waals surface area contributed by atoms with Gasteiger partial charge in [-0.15, -0.1) is 12.4 Å². The minimum absolute atomic E-state index is 0. The molecule has 0 aromatic heterocycles. The zero-order valence-corrected chi connectivity index (χ0v) is 7.95. The number of halogens is 1. The molecular weight excluding hydrogens is 178 g/mol. The smallest absolute Gasteiger partial charge is 0.311 e. The van der Waals surface area contributed by atoms with Crippen LogP contribution in [0.4, 0.5) is 0 Å². The monoisotopic (exact) mass is 191 g/mol. The topological polar surface area (TPSA) is 52.3 Å². The number of fused-ring (bicyclic) bond motifs is 1. The molecule has 3 rings (SSSR count). The molecule has 0 unspecified atom stereocenters. The lowest BCUT2D eigenvalue weighted by atomic mass is 9.65. The van der Waals surface area contributed by atoms with E-state index in [0.717, 1.165) is 25.7 Å². The molecule has 3 nitrogen and oxygen atoms in total. The van der Waals surface area contributed by atoms with E-state index in [1.165, 1.54) is 7.11 Å². The van der Waals surface area contributed by atoms with Gasteiger partial charge in [-0.2, -0.15) is 0 Å². The molecule has 0 amide bonds. The second-order valence-electron chi connectivity index (χ2n) is 3.99. The summed E-state index contributed by atoms with van der Waals surface area (Å²) >= 11 is 0. The highest BCUT2D eigenvalue weighted by atomic mass is 35.5. The van der Waals surface area contributed by atoms with Crippen LogP contribution >= 0.6 is 12.4 Å². The van der Waals surface area contributed by atoms with Crippen molar-refractivity contribution in [3.05, 3.63) is 0 Å². The van der Waals surface area contributed by atoms with Gasteiger partial charge in [-0.05, 0) is 25.7 Å². The molecule has 0 heterocycles. The van der Waals surface area contributed by atoms with E-state index in [2.05, 4.69) is 0 Å². The molecular formula is C8H14ClNO2. The van der Waals surface area contributed by atoms with Crippen LogP contribution in [0.15, 0.2) is 0 Å². The van der Waals surface area contributed by atoms with Crippen LogP contribution in [-0.4, -0.2) is 18.6 Å². The minimum Gasteiger partial charge on any atom is -0.469 e. The van der Waals surface area contributed by atoms with Crippen molar-refractivity contribution in [2.45, 2.75) is 31.2 Å². The number of carbonyl (C=O) groups excluding carboxylic acids is 1. The van der Waals surface area contributed by atoms with Gasteiger partial charge in [-0.1, -0.05) is 0 Å². The normalized spacial score (nSPS) is 42.8. The third-order valence-corrected chi connectivity index (χ3v) is 3.10. The Morgan fingerprint density at radius 3 is 2.33 bits per heavy atom. The lowest BCUT2D eigenvalue weighted by Crippen LogP contribution is -2.53. The van der Waals surface area contributed by atoms with Crippen molar-refractivity contribution in [2.75, 3.05) is 7.11 Å². The summed E-state index contributed by atoms with van der Waals surface area (Å²) in [6.45, 7) is 0. The molecule has 0 spiro atoms. The van der Waals surface area contributed by atoms with E-state index in [9.17, 15) is 4.79 Å². The van der Waals surface area contributed by atoms with Gasteiger partial charge < -0.3 is 10.5 Å². The van der Waals surface area contributed by atoms with E-state index in [-0.39, 0.29) is 29.3 Å². The number of rotatable bonds is 1. The fraction of sp³-hybridized carbons (Fsp3) is 0.875. The van der Waals surface area contributed by atoms with Crippen molar-refractivity contribution in [2.24, 2.45) is 11.1 Å². The van der Waals surface area contributed by atoms with Crippen LogP contribution < -0.4 is 5.73 Å². The van der Waals surface area contributed by atoms with Crippen LogP contribution in [0.3, 0.4) is 0 Å². The summed E-state index contributed by atoms with van der Waals surface area (Å²) in [4.78, 5) is 11.2. The Labute approximate surface area is 78.1 Å². The van der Waals surface area contributed by atoms with Crippen LogP contribution in [-0.2, 0) is 9.53 Å². The van der Waals surface area contributed by atoms with Crippen molar-refractivity contribution < 1.29 is 9.53 Å². The molecule has 4 heteroatoms. The van der Waals surface area contributed by atoms with Crippen molar-refractivity contribution in [1.82, 2.24) is 0 Å². The maximum atomic E-state index is 11.2. The average Bonchev–Trinajstić information content (AvgIpc) is 2.40. The van der Waals surface area contributed by atoms with Gasteiger partial charge in [0.2, 0.25) is 0 Å². The lowest BCUT2D eigenvalue weighted by Gasteiger charge is -2.42. The molecule has 2 N–H and O–H groups in total. The third-order valence-electron chi connectivity index (χ3n) is 3.10. The Balaban J connectivity index is 0.000000720. The Morgan fingerprint density at radius 1 is 1.42 bits per heavy atom. The van der Waals surface area contributed by atoms with Crippen molar-refractivity contribution in [3.8, 4) is 0 Å². The van der Waals surface area contributed by atoms with Gasteiger partial charge in [0.15, 0.2) is 0 Å². The summed E-state index contributed by atoms with van der Waals surface area (Å²) in [5.41, 5.74) is 5.72. The summed E-state index contributed by atoms with van der Waals surface area (Å²) in [6, 6.07) is 0. The maximum Gasteiger partial charge on any atom is 0.311 e. The Hall–Kier alpha value is -0.280. The molecule has 0 aromatic rings. The molecule has 3 aliphatic rings. The standard InChI is InChI=1S/C8H13NO2.ClH/c1-11-6(10)7-2-3-8(9,4-7)5-7;/h2-5,9H2,1H3;1H. The van der Waals surface area contributed by atoms with E-state index in [1.807, 2.05) is 0 Å². The number of ether oxygens (including phenoxy) is 1. The van der Waals surface area contributed by atoms with Gasteiger partial charge >= 0.3 is 5.97 Å². The maximum absolute atomic E-state index is 11.2. The van der Waals surface area contributed by atoms with E-state index < -0.39 is 0 Å². The molecule has 70 valence electrons. The van der Waals surface area contributed by atoms with E-state index >= 15 is 0 Å².